The first-order valence-electron chi connectivity index (χ1n) is 7.37. The smallest absolute Gasteiger partial charge is 0.286 e. The highest BCUT2D eigenvalue weighted by Gasteiger charge is 2.15. The first-order valence-corrected chi connectivity index (χ1v) is 8.95. The molecule has 0 saturated carbocycles. The third-order valence-electron chi connectivity index (χ3n) is 2.99. The highest BCUT2D eigenvalue weighted by atomic mass is 79.9. The average molecular weight is 486 g/mol. The van der Waals surface area contributed by atoms with Crippen LogP contribution in [0.1, 0.15) is 23.0 Å². The van der Waals surface area contributed by atoms with Crippen molar-refractivity contribution in [2.45, 2.75) is 6.92 Å². The molecule has 1 aromatic carbocycles. The van der Waals surface area contributed by atoms with Gasteiger partial charge < -0.3 is 14.5 Å². The molecular weight excluding hydrogens is 472 g/mol. The Balaban J connectivity index is 1.94. The van der Waals surface area contributed by atoms with Gasteiger partial charge in [-0.1, -0.05) is 0 Å². The van der Waals surface area contributed by atoms with Crippen LogP contribution >= 0.6 is 31.9 Å². The van der Waals surface area contributed by atoms with E-state index in [4.69, 9.17) is 14.7 Å². The van der Waals surface area contributed by atoms with Crippen molar-refractivity contribution < 1.29 is 19.1 Å². The van der Waals surface area contributed by atoms with Gasteiger partial charge in [-0.25, -0.2) is 0 Å². The third-order valence-corrected chi connectivity index (χ3v) is 4.04. The predicted octanol–water partition coefficient (Wildman–Crippen LogP) is 2.65. The van der Waals surface area contributed by atoms with E-state index in [0.29, 0.717) is 32.6 Å². The lowest BCUT2D eigenvalue weighted by molar-refractivity contribution is -0.123. The number of nitriles is 1. The molecule has 2 amide bonds. The van der Waals surface area contributed by atoms with E-state index in [0.717, 1.165) is 0 Å². The van der Waals surface area contributed by atoms with Crippen LogP contribution in [0.25, 0.3) is 0 Å². The van der Waals surface area contributed by atoms with E-state index in [9.17, 15) is 9.59 Å². The SMILES string of the molecule is CCOc1cc(C#N)cc(Br)c1OCC(=O)NNC(=O)c1cc(Br)c[nH]1. The molecule has 26 heavy (non-hydrogen) atoms. The zero-order valence-corrected chi connectivity index (χ0v) is 16.7. The summed E-state index contributed by atoms with van der Waals surface area (Å²) in [7, 11) is 0. The van der Waals surface area contributed by atoms with E-state index < -0.39 is 11.8 Å². The largest absolute Gasteiger partial charge is 0.490 e. The van der Waals surface area contributed by atoms with E-state index in [1.807, 2.05) is 6.07 Å². The number of H-pyrrole nitrogens is 1. The first kappa shape index (κ1) is 19.8. The minimum absolute atomic E-state index is 0.284. The number of aromatic amines is 1. The summed E-state index contributed by atoms with van der Waals surface area (Å²) in [5.41, 5.74) is 5.19. The van der Waals surface area contributed by atoms with Crippen LogP contribution in [0.4, 0.5) is 0 Å². The number of carbonyl (C=O) groups excluding carboxylic acids is 2. The van der Waals surface area contributed by atoms with Gasteiger partial charge in [0.2, 0.25) is 0 Å². The van der Waals surface area contributed by atoms with Gasteiger partial charge in [-0.2, -0.15) is 5.26 Å². The van der Waals surface area contributed by atoms with Crippen molar-refractivity contribution >= 4 is 43.7 Å². The number of halogens is 2. The van der Waals surface area contributed by atoms with Gasteiger partial charge in [0.15, 0.2) is 18.1 Å². The number of benzene rings is 1. The van der Waals surface area contributed by atoms with Crippen molar-refractivity contribution in [2.24, 2.45) is 0 Å². The van der Waals surface area contributed by atoms with E-state index >= 15 is 0 Å². The molecular formula is C16H14Br2N4O4. The Morgan fingerprint density at radius 2 is 2.00 bits per heavy atom. The van der Waals surface area contributed by atoms with Crippen LogP contribution in [0.3, 0.4) is 0 Å². The molecule has 2 aromatic rings. The molecule has 0 aliphatic carbocycles. The number of nitrogens with one attached hydrogen (secondary N) is 3. The molecule has 0 fully saturated rings. The van der Waals surface area contributed by atoms with Crippen LogP contribution < -0.4 is 20.3 Å². The summed E-state index contributed by atoms with van der Waals surface area (Å²) in [4.78, 5) is 26.4. The molecule has 1 aromatic heterocycles. The molecule has 0 saturated heterocycles. The molecule has 1 heterocycles. The summed E-state index contributed by atoms with van der Waals surface area (Å²) in [6.45, 7) is 1.79. The standard InChI is InChI=1S/C16H14Br2N4O4/c1-2-25-13-4-9(6-19)3-11(18)15(13)26-8-14(23)21-22-16(24)12-5-10(17)7-20-12/h3-5,7,20H,2,8H2,1H3,(H,21,23)(H,22,24). The van der Waals surface area contributed by atoms with Crippen molar-refractivity contribution in [1.82, 2.24) is 15.8 Å². The van der Waals surface area contributed by atoms with Crippen molar-refractivity contribution in [3.8, 4) is 17.6 Å². The van der Waals surface area contributed by atoms with Gasteiger partial charge in [0.25, 0.3) is 11.8 Å². The number of aromatic nitrogens is 1. The monoisotopic (exact) mass is 484 g/mol. The quantitative estimate of drug-likeness (QED) is 0.544. The topological polar surface area (TPSA) is 116 Å². The Morgan fingerprint density at radius 1 is 1.23 bits per heavy atom. The molecule has 0 atom stereocenters. The van der Waals surface area contributed by atoms with Crippen molar-refractivity contribution in [1.29, 1.82) is 5.26 Å². The molecule has 0 aliphatic heterocycles. The lowest BCUT2D eigenvalue weighted by atomic mass is 10.2. The number of hydrogen-bond donors (Lipinski definition) is 3. The highest BCUT2D eigenvalue weighted by molar-refractivity contribution is 9.10. The number of amides is 2. The molecule has 0 unspecified atom stereocenters. The molecule has 10 heteroatoms. The number of rotatable bonds is 6. The Kier molecular flexibility index (Phi) is 7.06. The van der Waals surface area contributed by atoms with Gasteiger partial charge in [0.1, 0.15) is 5.69 Å². The van der Waals surface area contributed by atoms with Crippen molar-refractivity contribution in [3.63, 3.8) is 0 Å². The van der Waals surface area contributed by atoms with Crippen LogP contribution in [0.2, 0.25) is 0 Å². The third kappa shape index (κ3) is 5.24. The Bertz CT molecular complexity index is 860. The normalized spacial score (nSPS) is 9.92. The predicted molar refractivity (Wildman–Crippen MR) is 99.6 cm³/mol. The van der Waals surface area contributed by atoms with Crippen LogP contribution in [-0.4, -0.2) is 30.0 Å². The molecule has 0 radical (unpaired) electrons. The first-order chi connectivity index (χ1) is 12.4. The van der Waals surface area contributed by atoms with Crippen LogP contribution in [0.15, 0.2) is 33.3 Å². The zero-order chi connectivity index (χ0) is 19.1. The molecule has 8 nitrogen and oxygen atoms in total. The Labute approximate surface area is 166 Å². The fourth-order valence-corrected chi connectivity index (χ4v) is 2.80. The van der Waals surface area contributed by atoms with Gasteiger partial charge in [0, 0.05) is 16.7 Å². The van der Waals surface area contributed by atoms with Gasteiger partial charge >= 0.3 is 0 Å². The van der Waals surface area contributed by atoms with Gasteiger partial charge in [-0.3, -0.25) is 20.4 Å². The summed E-state index contributed by atoms with van der Waals surface area (Å²) in [5, 5.41) is 9.00. The van der Waals surface area contributed by atoms with Gasteiger partial charge in [-0.05, 0) is 50.9 Å². The lowest BCUT2D eigenvalue weighted by Crippen LogP contribution is -2.44. The average Bonchev–Trinajstić information content (AvgIpc) is 3.05. The second-order valence-corrected chi connectivity index (χ2v) is 6.62. The number of hydrazine groups is 1. The maximum Gasteiger partial charge on any atom is 0.286 e. The number of hydrogen-bond acceptors (Lipinski definition) is 5. The van der Waals surface area contributed by atoms with E-state index in [1.54, 1.807) is 25.3 Å². The number of carbonyl (C=O) groups is 2. The van der Waals surface area contributed by atoms with E-state index in [2.05, 4.69) is 47.7 Å². The molecule has 136 valence electrons. The lowest BCUT2D eigenvalue weighted by Gasteiger charge is -2.14. The molecule has 0 aliphatic rings. The summed E-state index contributed by atoms with van der Waals surface area (Å²) in [6, 6.07) is 6.66. The van der Waals surface area contributed by atoms with Gasteiger partial charge in [-0.15, -0.1) is 0 Å². The maximum absolute atomic E-state index is 11.9. The van der Waals surface area contributed by atoms with Crippen LogP contribution in [0.5, 0.6) is 11.5 Å². The highest BCUT2D eigenvalue weighted by Crippen LogP contribution is 2.36. The second kappa shape index (κ2) is 9.26. The Morgan fingerprint density at radius 3 is 2.62 bits per heavy atom. The summed E-state index contributed by atoms with van der Waals surface area (Å²) in [6.07, 6.45) is 1.59. The van der Waals surface area contributed by atoms with Crippen LogP contribution in [0, 0.1) is 11.3 Å². The second-order valence-electron chi connectivity index (χ2n) is 4.85. The maximum atomic E-state index is 11.9. The van der Waals surface area contributed by atoms with Crippen molar-refractivity contribution in [2.75, 3.05) is 13.2 Å². The Hall–Kier alpha value is -2.51. The van der Waals surface area contributed by atoms with E-state index in [-0.39, 0.29) is 12.3 Å². The number of ether oxygens (including phenoxy) is 2. The summed E-state index contributed by atoms with van der Waals surface area (Å²) >= 11 is 6.50. The minimum Gasteiger partial charge on any atom is -0.490 e. The summed E-state index contributed by atoms with van der Waals surface area (Å²) in [5.74, 6) is -0.437. The fourth-order valence-electron chi connectivity index (χ4n) is 1.90. The summed E-state index contributed by atoms with van der Waals surface area (Å²) < 4.78 is 12.1. The fraction of sp³-hybridized carbons (Fsp3) is 0.188. The zero-order valence-electron chi connectivity index (χ0n) is 13.6. The van der Waals surface area contributed by atoms with Crippen molar-refractivity contribution in [3.05, 3.63) is 44.6 Å². The number of nitrogens with zero attached hydrogens (tertiary/aromatic N) is 1. The van der Waals surface area contributed by atoms with E-state index in [1.165, 1.54) is 6.07 Å². The molecule has 3 N–H and O–H groups in total. The van der Waals surface area contributed by atoms with Gasteiger partial charge in [0.05, 0.1) is 22.7 Å². The molecule has 0 bridgehead atoms. The molecule has 0 spiro atoms. The molecule has 2 rings (SSSR count). The minimum atomic E-state index is -0.567. The van der Waals surface area contributed by atoms with Crippen LogP contribution in [-0.2, 0) is 4.79 Å².